The Morgan fingerprint density at radius 3 is 2.85 bits per heavy atom. The number of amides is 1. The lowest BCUT2D eigenvalue weighted by Crippen LogP contribution is -2.32. The summed E-state index contributed by atoms with van der Waals surface area (Å²) in [5, 5.41) is 13.0. The summed E-state index contributed by atoms with van der Waals surface area (Å²) in [6.45, 7) is 5.33. The Morgan fingerprint density at radius 2 is 2.25 bits per heavy atom. The lowest BCUT2D eigenvalue weighted by molar-refractivity contribution is -0.385. The van der Waals surface area contributed by atoms with Gasteiger partial charge in [-0.3, -0.25) is 10.1 Å². The summed E-state index contributed by atoms with van der Waals surface area (Å²) >= 11 is 0. The Kier molecular flexibility index (Phi) is 5.03. The minimum absolute atomic E-state index is 0.0687. The molecule has 0 saturated heterocycles. The van der Waals surface area contributed by atoms with Crippen LogP contribution >= 0.6 is 0 Å². The largest absolute Gasteiger partial charge is 0.444 e. The van der Waals surface area contributed by atoms with Gasteiger partial charge in [0.2, 0.25) is 0 Å². The number of nitro groups is 1. The normalized spacial score (nSPS) is 10.2. The zero-order chi connectivity index (χ0) is 15.2. The summed E-state index contributed by atoms with van der Waals surface area (Å²) in [4.78, 5) is 25.2. The van der Waals surface area contributed by atoms with Crippen molar-refractivity contribution in [2.45, 2.75) is 26.4 Å². The Labute approximate surface area is 116 Å². The van der Waals surface area contributed by atoms with Crippen molar-refractivity contribution in [2.24, 2.45) is 0 Å². The van der Waals surface area contributed by atoms with Crippen LogP contribution in [0.3, 0.4) is 0 Å². The fourth-order valence-electron chi connectivity index (χ4n) is 1.17. The molecule has 20 heavy (non-hydrogen) atoms. The maximum Gasteiger partial charge on any atom is 0.408 e. The number of alkyl carbamates (subject to hydrolysis) is 1. The molecule has 1 aromatic rings. The van der Waals surface area contributed by atoms with Crippen molar-refractivity contribution in [3.05, 3.63) is 34.1 Å². The number of nitrogens with one attached hydrogen (secondary N) is 1. The minimum Gasteiger partial charge on any atom is -0.444 e. The average molecular weight is 277 g/mol. The molecule has 0 aliphatic carbocycles. The zero-order valence-electron chi connectivity index (χ0n) is 11.5. The van der Waals surface area contributed by atoms with E-state index in [1.165, 1.54) is 18.3 Å². The van der Waals surface area contributed by atoms with Crippen molar-refractivity contribution in [1.29, 1.82) is 0 Å². The van der Waals surface area contributed by atoms with Crippen molar-refractivity contribution < 1.29 is 14.5 Å². The standard InChI is InChI=1S/C13H15N3O4/c1-13(2,3)20-12(17)15-7-4-5-10-9-11(16(18)19)6-8-14-10/h6,8-9H,7H2,1-3H3,(H,15,17). The first-order chi connectivity index (χ1) is 9.28. The third-order valence-electron chi connectivity index (χ3n) is 1.89. The number of carbonyl (C=O) groups excluding carboxylic acids is 1. The summed E-state index contributed by atoms with van der Waals surface area (Å²) in [5.74, 6) is 5.26. The van der Waals surface area contributed by atoms with E-state index in [4.69, 9.17) is 4.74 Å². The lowest BCUT2D eigenvalue weighted by atomic mass is 10.2. The minimum atomic E-state index is -0.571. The quantitative estimate of drug-likeness (QED) is 0.506. The van der Waals surface area contributed by atoms with Crippen LogP contribution in [0.5, 0.6) is 0 Å². The van der Waals surface area contributed by atoms with Gasteiger partial charge in [0, 0.05) is 12.3 Å². The Bertz CT molecular complexity index is 567. The SMILES string of the molecule is CC(C)(C)OC(=O)NCC#Cc1cc([N+](=O)[O-])ccn1. The van der Waals surface area contributed by atoms with Gasteiger partial charge in [-0.05, 0) is 26.7 Å². The van der Waals surface area contributed by atoms with Crippen LogP contribution in [0.2, 0.25) is 0 Å². The highest BCUT2D eigenvalue weighted by molar-refractivity contribution is 5.68. The van der Waals surface area contributed by atoms with Gasteiger partial charge in [0.05, 0.1) is 17.5 Å². The van der Waals surface area contributed by atoms with Crippen LogP contribution in [-0.2, 0) is 4.74 Å². The zero-order valence-corrected chi connectivity index (χ0v) is 11.5. The van der Waals surface area contributed by atoms with Crippen molar-refractivity contribution in [3.8, 4) is 11.8 Å². The van der Waals surface area contributed by atoms with E-state index in [1.54, 1.807) is 20.8 Å². The van der Waals surface area contributed by atoms with Crippen LogP contribution in [-0.4, -0.2) is 28.1 Å². The summed E-state index contributed by atoms with van der Waals surface area (Å²) < 4.78 is 5.02. The molecular weight excluding hydrogens is 262 g/mol. The van der Waals surface area contributed by atoms with E-state index in [2.05, 4.69) is 22.1 Å². The smallest absolute Gasteiger partial charge is 0.408 e. The number of aromatic nitrogens is 1. The molecule has 0 aliphatic heterocycles. The predicted molar refractivity (Wildman–Crippen MR) is 72.0 cm³/mol. The van der Waals surface area contributed by atoms with Crippen LogP contribution in [0.4, 0.5) is 10.5 Å². The van der Waals surface area contributed by atoms with Gasteiger partial charge >= 0.3 is 6.09 Å². The second-order valence-corrected chi connectivity index (χ2v) is 4.81. The number of hydrogen-bond donors (Lipinski definition) is 1. The molecule has 1 heterocycles. The molecule has 0 fully saturated rings. The number of carbonyl (C=O) groups is 1. The molecule has 7 heteroatoms. The molecule has 1 aromatic heterocycles. The molecular formula is C13H15N3O4. The molecule has 7 nitrogen and oxygen atoms in total. The molecule has 0 saturated carbocycles. The van der Waals surface area contributed by atoms with Crippen molar-refractivity contribution >= 4 is 11.8 Å². The van der Waals surface area contributed by atoms with Crippen LogP contribution in [0.25, 0.3) is 0 Å². The van der Waals surface area contributed by atoms with Gasteiger partial charge in [0.15, 0.2) is 0 Å². The molecule has 1 rings (SSSR count). The first-order valence-electron chi connectivity index (χ1n) is 5.84. The number of hydrogen-bond acceptors (Lipinski definition) is 5. The van der Waals surface area contributed by atoms with E-state index < -0.39 is 16.6 Å². The molecule has 1 amide bonds. The molecule has 0 spiro atoms. The van der Waals surface area contributed by atoms with Crippen LogP contribution in [0.1, 0.15) is 26.5 Å². The van der Waals surface area contributed by atoms with Gasteiger partial charge in [-0.25, -0.2) is 9.78 Å². The summed E-state index contributed by atoms with van der Waals surface area (Å²) in [6.07, 6.45) is 0.738. The first kappa shape index (κ1) is 15.4. The van der Waals surface area contributed by atoms with E-state index in [9.17, 15) is 14.9 Å². The number of ether oxygens (including phenoxy) is 1. The molecule has 0 aliphatic rings. The second kappa shape index (κ2) is 6.52. The Morgan fingerprint density at radius 1 is 1.55 bits per heavy atom. The van der Waals surface area contributed by atoms with E-state index >= 15 is 0 Å². The monoisotopic (exact) mass is 277 g/mol. The van der Waals surface area contributed by atoms with Crippen molar-refractivity contribution in [2.75, 3.05) is 6.54 Å². The average Bonchev–Trinajstić information content (AvgIpc) is 2.33. The van der Waals surface area contributed by atoms with Gasteiger partial charge in [-0.1, -0.05) is 5.92 Å². The Hall–Kier alpha value is -2.62. The van der Waals surface area contributed by atoms with E-state index in [0.29, 0.717) is 0 Å². The fraction of sp³-hybridized carbons (Fsp3) is 0.385. The molecule has 0 aromatic carbocycles. The fourth-order valence-corrected chi connectivity index (χ4v) is 1.17. The van der Waals surface area contributed by atoms with E-state index in [-0.39, 0.29) is 17.9 Å². The molecule has 106 valence electrons. The molecule has 0 radical (unpaired) electrons. The van der Waals surface area contributed by atoms with Gasteiger partial charge in [0.1, 0.15) is 11.3 Å². The van der Waals surface area contributed by atoms with Crippen molar-refractivity contribution in [3.63, 3.8) is 0 Å². The summed E-state index contributed by atoms with van der Waals surface area (Å²) in [5.41, 5.74) is -0.381. The van der Waals surface area contributed by atoms with Crippen molar-refractivity contribution in [1.82, 2.24) is 10.3 Å². The number of rotatable bonds is 2. The van der Waals surface area contributed by atoms with Gasteiger partial charge in [-0.15, -0.1) is 0 Å². The highest BCUT2D eigenvalue weighted by Crippen LogP contribution is 2.09. The van der Waals surface area contributed by atoms with Crippen LogP contribution in [0.15, 0.2) is 18.3 Å². The van der Waals surface area contributed by atoms with Gasteiger partial charge < -0.3 is 10.1 Å². The third kappa shape index (κ3) is 5.82. The third-order valence-corrected chi connectivity index (χ3v) is 1.89. The van der Waals surface area contributed by atoms with Crippen LogP contribution < -0.4 is 5.32 Å². The van der Waals surface area contributed by atoms with Crippen LogP contribution in [0, 0.1) is 22.0 Å². The summed E-state index contributed by atoms with van der Waals surface area (Å²) in [7, 11) is 0. The van der Waals surface area contributed by atoms with E-state index in [1.807, 2.05) is 0 Å². The molecule has 0 bridgehead atoms. The highest BCUT2D eigenvalue weighted by atomic mass is 16.6. The van der Waals surface area contributed by atoms with Gasteiger partial charge in [-0.2, -0.15) is 0 Å². The topological polar surface area (TPSA) is 94.4 Å². The number of nitrogens with zero attached hydrogens (tertiary/aromatic N) is 2. The number of pyridine rings is 1. The first-order valence-corrected chi connectivity index (χ1v) is 5.84. The van der Waals surface area contributed by atoms with E-state index in [0.717, 1.165) is 0 Å². The summed E-state index contributed by atoms with van der Waals surface area (Å²) in [6, 6.07) is 2.55. The highest BCUT2D eigenvalue weighted by Gasteiger charge is 2.15. The predicted octanol–water partition coefficient (Wildman–Crippen LogP) is 1.87. The lowest BCUT2D eigenvalue weighted by Gasteiger charge is -2.18. The second-order valence-electron chi connectivity index (χ2n) is 4.81. The van der Waals surface area contributed by atoms with Gasteiger partial charge in [0.25, 0.3) is 5.69 Å². The molecule has 1 N–H and O–H groups in total. The molecule has 0 atom stereocenters. The molecule has 0 unspecified atom stereocenters. The maximum absolute atomic E-state index is 11.3. The maximum atomic E-state index is 11.3. The Balaban J connectivity index is 2.53.